The van der Waals surface area contributed by atoms with Gasteiger partial charge in [0.15, 0.2) is 13.2 Å². The largest absolute Gasteiger partial charge is 0.456 e. The van der Waals surface area contributed by atoms with Gasteiger partial charge in [0, 0.05) is 60.3 Å². The second-order valence-electron chi connectivity index (χ2n) is 14.6. The van der Waals surface area contributed by atoms with Crippen molar-refractivity contribution in [3.05, 3.63) is 43.7 Å². The number of halogens is 6. The molecule has 0 aromatic heterocycles. The minimum absolute atomic E-state index is 0.0177. The third-order valence-electron chi connectivity index (χ3n) is 9.00. The van der Waals surface area contributed by atoms with Crippen LogP contribution in [0.5, 0.6) is 0 Å². The van der Waals surface area contributed by atoms with Gasteiger partial charge in [0.1, 0.15) is 0 Å². The fraction of sp³-hybridized carbons (Fsp3) is 0.487. The summed E-state index contributed by atoms with van der Waals surface area (Å²) in [5, 5.41) is 100. The van der Waals surface area contributed by atoms with E-state index in [0.29, 0.717) is 0 Å². The number of benzene rings is 2. The van der Waals surface area contributed by atoms with Gasteiger partial charge in [-0.2, -0.15) is 0 Å². The molecule has 0 fully saturated rings. The molecule has 0 aliphatic rings. The Kier molecular flexibility index (Phi) is 28.7. The van der Waals surface area contributed by atoms with E-state index in [-0.39, 0.29) is 55.0 Å². The smallest absolute Gasteiger partial charge is 0.303 e. The third kappa shape index (κ3) is 18.9. The van der Waals surface area contributed by atoms with Crippen molar-refractivity contribution in [1.82, 2.24) is 20.4 Å². The molecule has 0 bridgehead atoms. The van der Waals surface area contributed by atoms with Crippen molar-refractivity contribution >= 4 is 194 Å². The van der Waals surface area contributed by atoms with Crippen LogP contribution in [0.15, 0.2) is 0 Å². The van der Waals surface area contributed by atoms with Gasteiger partial charge in [-0.25, -0.2) is 0 Å². The summed E-state index contributed by atoms with van der Waals surface area (Å²) in [6, 6.07) is 0. The average molecular weight is 1670 g/mol. The summed E-state index contributed by atoms with van der Waals surface area (Å²) in [4.78, 5) is 107. The summed E-state index contributed by atoms with van der Waals surface area (Å²) in [5.74, 6) is -6.95. The highest BCUT2D eigenvalue weighted by atomic mass is 127. The fourth-order valence-electron chi connectivity index (χ4n) is 5.72. The van der Waals surface area contributed by atoms with Crippen molar-refractivity contribution in [2.24, 2.45) is 0 Å². The maximum Gasteiger partial charge on any atom is 0.303 e. The minimum Gasteiger partial charge on any atom is -0.456 e. The maximum atomic E-state index is 14.2. The number of anilines is 2. The predicted octanol–water partition coefficient (Wildman–Crippen LogP) is -1.86. The van der Waals surface area contributed by atoms with Crippen LogP contribution in [0.25, 0.3) is 0 Å². The van der Waals surface area contributed by atoms with E-state index in [2.05, 4.69) is 21.3 Å². The molecule has 6 amide bonds. The fourth-order valence-corrected chi connectivity index (χ4v) is 14.5. The molecule has 25 nitrogen and oxygen atoms in total. The molecular formula is C39H48I6N6O19. The summed E-state index contributed by atoms with van der Waals surface area (Å²) in [6.45, 7) is -5.80. The van der Waals surface area contributed by atoms with Gasteiger partial charge in [0.05, 0.1) is 105 Å². The van der Waals surface area contributed by atoms with E-state index < -0.39 is 157 Å². The van der Waals surface area contributed by atoms with Crippen molar-refractivity contribution in [1.29, 1.82) is 0 Å². The molecule has 0 saturated heterocycles. The molecule has 390 valence electrons. The summed E-state index contributed by atoms with van der Waals surface area (Å²) < 4.78 is 9.77. The lowest BCUT2D eigenvalue weighted by molar-refractivity contribution is -0.145. The van der Waals surface area contributed by atoms with Crippen molar-refractivity contribution in [2.45, 2.75) is 44.4 Å². The number of nitrogens with one attached hydrogen (secondary N) is 4. The number of carbonyl (C=O) groups is 8. The highest BCUT2D eigenvalue weighted by Gasteiger charge is 2.35. The minimum atomic E-state index is -1.55. The van der Waals surface area contributed by atoms with E-state index in [1.165, 1.54) is 0 Å². The Morgan fingerprint density at radius 3 is 0.986 bits per heavy atom. The molecular weight excluding hydrogens is 1620 g/mol. The van der Waals surface area contributed by atoms with Gasteiger partial charge in [0.25, 0.3) is 35.4 Å². The first-order chi connectivity index (χ1) is 32.8. The number of nitrogens with zero attached hydrogens (tertiary/aromatic N) is 2. The zero-order valence-corrected chi connectivity index (χ0v) is 49.6. The van der Waals surface area contributed by atoms with Crippen LogP contribution in [0.1, 0.15) is 55.3 Å². The second kappa shape index (κ2) is 31.2. The standard InChI is InChI=1S/C39H48I6N6O19/c1-15(56)69-13-22(63)48-34-30(42)24(28(40)26(32(34)44)38(67)50(5-18(59)9-52)6-19(60)10-53)36(65)46-3-17(58)4-47-37(66)25-29(41)27(39(68)51(7-20(61)11-54)8-21(62)12-55)33(45)35(31(25)43)49-23(64)14-70-16(2)57/h17-21,52-55,58-62H,3-14H2,1-2H3,(H,46,65)(H,47,66)(H,48,63)(H,49,64). The Morgan fingerprint density at radius 2 is 0.729 bits per heavy atom. The molecule has 2 aromatic rings. The van der Waals surface area contributed by atoms with Gasteiger partial charge in [-0.05, 0) is 136 Å². The van der Waals surface area contributed by atoms with Crippen molar-refractivity contribution in [2.75, 3.05) is 89.5 Å². The molecule has 0 aliphatic carbocycles. The van der Waals surface area contributed by atoms with Crippen LogP contribution in [0.4, 0.5) is 11.4 Å². The number of aliphatic hydroxyl groups excluding tert-OH is 9. The first-order valence-electron chi connectivity index (χ1n) is 20.0. The lowest BCUT2D eigenvalue weighted by atomic mass is 10.1. The van der Waals surface area contributed by atoms with Crippen LogP contribution in [0.2, 0.25) is 0 Å². The Morgan fingerprint density at radius 1 is 0.457 bits per heavy atom. The molecule has 0 aliphatic heterocycles. The lowest BCUT2D eigenvalue weighted by Crippen LogP contribution is -2.45. The number of rotatable bonds is 26. The molecule has 4 atom stereocenters. The second-order valence-corrected chi connectivity index (χ2v) is 21.1. The summed E-state index contributed by atoms with van der Waals surface area (Å²) in [6.07, 6.45) is -7.53. The van der Waals surface area contributed by atoms with Gasteiger partial charge >= 0.3 is 11.9 Å². The van der Waals surface area contributed by atoms with Crippen molar-refractivity contribution < 1.29 is 93.8 Å². The van der Waals surface area contributed by atoms with Crippen LogP contribution < -0.4 is 21.3 Å². The van der Waals surface area contributed by atoms with Gasteiger partial charge < -0.3 is 86.5 Å². The quantitative estimate of drug-likeness (QED) is 0.0363. The molecule has 0 spiro atoms. The Labute approximate surface area is 480 Å². The number of esters is 2. The first kappa shape index (κ1) is 64.3. The van der Waals surface area contributed by atoms with Gasteiger partial charge in [-0.1, -0.05) is 0 Å². The topological polar surface area (TPSA) is 392 Å². The van der Waals surface area contributed by atoms with Crippen LogP contribution >= 0.6 is 136 Å². The van der Waals surface area contributed by atoms with Crippen LogP contribution in [0, 0.1) is 21.4 Å². The number of carbonyl (C=O) groups excluding carboxylic acids is 8. The number of ether oxygens (including phenoxy) is 2. The molecule has 0 radical (unpaired) electrons. The van der Waals surface area contributed by atoms with Crippen LogP contribution in [0.3, 0.4) is 0 Å². The molecule has 70 heavy (non-hydrogen) atoms. The Hall–Kier alpha value is -1.78. The Balaban J connectivity index is 2.62. The van der Waals surface area contributed by atoms with E-state index >= 15 is 0 Å². The lowest BCUT2D eigenvalue weighted by Gasteiger charge is -2.28. The zero-order valence-electron chi connectivity index (χ0n) is 36.6. The number of amides is 6. The number of hydrogen-bond acceptors (Lipinski definition) is 19. The summed E-state index contributed by atoms with van der Waals surface area (Å²) >= 11 is 10.3. The van der Waals surface area contributed by atoms with E-state index in [0.717, 1.165) is 23.6 Å². The van der Waals surface area contributed by atoms with Crippen LogP contribution in [-0.4, -0.2) is 213 Å². The molecule has 0 saturated carbocycles. The SMILES string of the molecule is CC(=O)OCC(=O)Nc1c(I)c(C(=O)NCC(O)CNC(=O)c2c(I)c(NC(=O)COC(C)=O)c(I)c(C(=O)N(CC(O)CO)CC(O)CO)c2I)c(I)c(C(=O)N(CC(O)CO)CC(O)CO)c1I. The summed E-state index contributed by atoms with van der Waals surface area (Å²) in [7, 11) is 0. The first-order valence-corrected chi connectivity index (χ1v) is 26.5. The van der Waals surface area contributed by atoms with Gasteiger partial charge in [0.2, 0.25) is 0 Å². The van der Waals surface area contributed by atoms with E-state index in [4.69, 9.17) is 9.47 Å². The molecule has 4 unspecified atom stereocenters. The zero-order chi connectivity index (χ0) is 53.3. The molecule has 0 heterocycles. The summed E-state index contributed by atoms with van der Waals surface area (Å²) in [5.41, 5.74) is -1.07. The molecule has 31 heteroatoms. The van der Waals surface area contributed by atoms with Gasteiger partial charge in [-0.3, -0.25) is 38.4 Å². The van der Waals surface area contributed by atoms with E-state index in [9.17, 15) is 84.3 Å². The Bertz CT molecular complexity index is 2100. The van der Waals surface area contributed by atoms with Crippen molar-refractivity contribution in [3.63, 3.8) is 0 Å². The van der Waals surface area contributed by atoms with E-state index in [1.54, 1.807) is 136 Å². The highest BCUT2D eigenvalue weighted by Crippen LogP contribution is 2.38. The van der Waals surface area contributed by atoms with Crippen LogP contribution in [-0.2, 0) is 28.7 Å². The van der Waals surface area contributed by atoms with Gasteiger partial charge in [-0.15, -0.1) is 0 Å². The highest BCUT2D eigenvalue weighted by molar-refractivity contribution is 14.1. The normalized spacial score (nSPS) is 13.2. The van der Waals surface area contributed by atoms with E-state index in [1.807, 2.05) is 0 Å². The van der Waals surface area contributed by atoms with Crippen molar-refractivity contribution in [3.8, 4) is 0 Å². The average Bonchev–Trinajstić information content (AvgIpc) is 3.30. The molecule has 13 N–H and O–H groups in total. The number of hydrogen-bond donors (Lipinski definition) is 13. The monoisotopic (exact) mass is 1670 g/mol. The predicted molar refractivity (Wildman–Crippen MR) is 295 cm³/mol. The number of aliphatic hydroxyl groups is 9. The maximum absolute atomic E-state index is 14.2. The molecule has 2 rings (SSSR count). The molecule has 2 aromatic carbocycles. The third-order valence-corrected chi connectivity index (χ3v) is 15.5.